The maximum Gasteiger partial charge on any atom is 0.327 e. The van der Waals surface area contributed by atoms with Crippen molar-refractivity contribution < 1.29 is 23.9 Å². The van der Waals surface area contributed by atoms with Crippen molar-refractivity contribution >= 4 is 23.9 Å². The molecule has 2 aliphatic heterocycles. The molecule has 9 heteroatoms. The van der Waals surface area contributed by atoms with Gasteiger partial charge in [-0.05, 0) is 55.8 Å². The van der Waals surface area contributed by atoms with Crippen LogP contribution in [0.3, 0.4) is 0 Å². The van der Waals surface area contributed by atoms with Crippen molar-refractivity contribution in [2.24, 2.45) is 16.7 Å². The maximum absolute atomic E-state index is 12.3. The number of ether oxygens (including phenoxy) is 1. The number of nitrogens with one attached hydrogen (secondary N) is 1. The van der Waals surface area contributed by atoms with E-state index in [1.807, 2.05) is 6.92 Å². The highest BCUT2D eigenvalue weighted by atomic mass is 16.5. The second-order valence-corrected chi connectivity index (χ2v) is 11.8. The van der Waals surface area contributed by atoms with Gasteiger partial charge in [0.1, 0.15) is 13.1 Å². The highest BCUT2D eigenvalue weighted by molar-refractivity contribution is 6.02. The zero-order valence-electron chi connectivity index (χ0n) is 22.7. The molecule has 0 spiro atoms. The summed E-state index contributed by atoms with van der Waals surface area (Å²) in [5, 5.41) is 2.33. The molecule has 6 amide bonds. The fourth-order valence-electron chi connectivity index (χ4n) is 4.83. The predicted molar refractivity (Wildman–Crippen MR) is 135 cm³/mol. The van der Waals surface area contributed by atoms with Crippen LogP contribution in [-0.2, 0) is 14.3 Å². The van der Waals surface area contributed by atoms with E-state index in [1.165, 1.54) is 4.90 Å². The van der Waals surface area contributed by atoms with Crippen molar-refractivity contribution in [3.05, 3.63) is 0 Å². The van der Waals surface area contributed by atoms with Gasteiger partial charge >= 0.3 is 12.1 Å². The molecule has 2 aliphatic rings. The monoisotopic (exact) mass is 494 g/mol. The Morgan fingerprint density at radius 3 is 2.17 bits per heavy atom. The summed E-state index contributed by atoms with van der Waals surface area (Å²) in [6.45, 7) is 16.2. The molecule has 1 atom stereocenters. The molecule has 0 aromatic heterocycles. The van der Waals surface area contributed by atoms with Gasteiger partial charge in [0.15, 0.2) is 0 Å². The van der Waals surface area contributed by atoms with Crippen LogP contribution in [0.5, 0.6) is 0 Å². The van der Waals surface area contributed by atoms with Crippen LogP contribution >= 0.6 is 0 Å². The molecule has 200 valence electrons. The van der Waals surface area contributed by atoms with Crippen LogP contribution in [0.25, 0.3) is 0 Å². The summed E-state index contributed by atoms with van der Waals surface area (Å²) in [5.41, 5.74) is 0.00389. The van der Waals surface area contributed by atoms with Gasteiger partial charge < -0.3 is 14.5 Å². The topological polar surface area (TPSA) is 99.3 Å². The number of likely N-dealkylation sites (N-methyl/N-ethyl adjacent to an activating group) is 1. The second-order valence-electron chi connectivity index (χ2n) is 11.8. The lowest BCUT2D eigenvalue weighted by atomic mass is 9.76. The molecular formula is C26H46N4O5. The first-order valence-electron chi connectivity index (χ1n) is 13.1. The van der Waals surface area contributed by atoms with Gasteiger partial charge in [0, 0.05) is 32.8 Å². The van der Waals surface area contributed by atoms with Gasteiger partial charge in [-0.25, -0.2) is 9.59 Å². The molecule has 0 aliphatic carbocycles. The van der Waals surface area contributed by atoms with E-state index in [1.54, 1.807) is 9.80 Å². The summed E-state index contributed by atoms with van der Waals surface area (Å²) in [6.07, 6.45) is 5.73. The van der Waals surface area contributed by atoms with Crippen molar-refractivity contribution in [3.8, 4) is 0 Å². The Labute approximate surface area is 210 Å². The minimum absolute atomic E-state index is 0.0981. The Morgan fingerprint density at radius 2 is 1.60 bits per heavy atom. The van der Waals surface area contributed by atoms with Crippen LogP contribution in [0.4, 0.5) is 9.59 Å². The third kappa shape index (κ3) is 9.09. The molecule has 0 aromatic carbocycles. The molecule has 0 aromatic rings. The number of urea groups is 2. The van der Waals surface area contributed by atoms with Crippen LogP contribution in [0, 0.1) is 16.7 Å². The first-order valence-corrected chi connectivity index (χ1v) is 13.1. The highest BCUT2D eigenvalue weighted by Crippen LogP contribution is 2.33. The Morgan fingerprint density at radius 1 is 0.914 bits per heavy atom. The lowest BCUT2D eigenvalue weighted by Crippen LogP contribution is -2.39. The van der Waals surface area contributed by atoms with E-state index < -0.39 is 0 Å². The third-order valence-electron chi connectivity index (χ3n) is 7.17. The van der Waals surface area contributed by atoms with Crippen molar-refractivity contribution in [2.45, 2.75) is 80.1 Å². The second kappa shape index (κ2) is 12.7. The summed E-state index contributed by atoms with van der Waals surface area (Å²) < 4.78 is 5.87. The molecular weight excluding hydrogens is 448 g/mol. The summed E-state index contributed by atoms with van der Waals surface area (Å²) >= 11 is 0. The zero-order chi connectivity index (χ0) is 26.2. The molecule has 2 saturated heterocycles. The SMILES string of the molecule is CCN1CC(=O)N(CC(C)(C)CCCCOCCCC(CCN2CC(=O)NC2=O)C(C)(C)C)C1=O. The van der Waals surface area contributed by atoms with Crippen molar-refractivity contribution in [1.82, 2.24) is 20.0 Å². The summed E-state index contributed by atoms with van der Waals surface area (Å²) in [7, 11) is 0. The van der Waals surface area contributed by atoms with Crippen molar-refractivity contribution in [3.63, 3.8) is 0 Å². The average Bonchev–Trinajstić information content (AvgIpc) is 3.22. The zero-order valence-corrected chi connectivity index (χ0v) is 22.7. The smallest absolute Gasteiger partial charge is 0.327 e. The van der Waals surface area contributed by atoms with Gasteiger partial charge in [0.05, 0.1) is 0 Å². The minimum Gasteiger partial charge on any atom is -0.381 e. The predicted octanol–water partition coefficient (Wildman–Crippen LogP) is 3.87. The van der Waals surface area contributed by atoms with Crippen LogP contribution in [0.1, 0.15) is 80.1 Å². The van der Waals surface area contributed by atoms with Crippen LogP contribution in [0.2, 0.25) is 0 Å². The van der Waals surface area contributed by atoms with E-state index in [0.717, 1.165) is 38.5 Å². The fraction of sp³-hybridized carbons (Fsp3) is 0.846. The molecule has 0 radical (unpaired) electrons. The Kier molecular flexibility index (Phi) is 10.5. The molecule has 35 heavy (non-hydrogen) atoms. The number of hydrogen-bond donors (Lipinski definition) is 1. The number of carbonyl (C=O) groups excluding carboxylic acids is 4. The van der Waals surface area contributed by atoms with Gasteiger partial charge in [-0.3, -0.25) is 19.8 Å². The van der Waals surface area contributed by atoms with E-state index in [9.17, 15) is 19.2 Å². The number of unbranched alkanes of at least 4 members (excludes halogenated alkanes) is 1. The molecule has 1 N–H and O–H groups in total. The molecule has 9 nitrogen and oxygen atoms in total. The van der Waals surface area contributed by atoms with Crippen molar-refractivity contribution in [2.75, 3.05) is 45.9 Å². The van der Waals surface area contributed by atoms with Crippen molar-refractivity contribution in [1.29, 1.82) is 0 Å². The number of hydrogen-bond acceptors (Lipinski definition) is 5. The maximum atomic E-state index is 12.3. The number of amides is 6. The first-order chi connectivity index (χ1) is 16.3. The quantitative estimate of drug-likeness (QED) is 0.275. The molecule has 2 rings (SSSR count). The normalized spacial score (nSPS) is 18.2. The van der Waals surface area contributed by atoms with Gasteiger partial charge in [0.2, 0.25) is 11.8 Å². The first kappa shape index (κ1) is 29.1. The number of nitrogens with zero attached hydrogens (tertiary/aromatic N) is 3. The fourth-order valence-corrected chi connectivity index (χ4v) is 4.83. The van der Waals surface area contributed by atoms with Gasteiger partial charge in [-0.1, -0.05) is 41.0 Å². The highest BCUT2D eigenvalue weighted by Gasteiger charge is 2.38. The standard InChI is InChI=1S/C26H46N4O5/c1-7-28-18-22(32)30(24(28)34)19-26(5,6)13-8-9-15-35-16-10-11-20(25(2,3)4)12-14-29-17-21(31)27-23(29)33/h20H,7-19H2,1-6H3,(H,27,31,33). The van der Waals surface area contributed by atoms with Gasteiger partial charge in [-0.15, -0.1) is 0 Å². The number of rotatable bonds is 15. The average molecular weight is 495 g/mol. The minimum atomic E-state index is -0.282. The van der Waals surface area contributed by atoms with E-state index in [4.69, 9.17) is 4.74 Å². The molecule has 2 heterocycles. The molecule has 0 bridgehead atoms. The largest absolute Gasteiger partial charge is 0.381 e. The Balaban J connectivity index is 1.60. The van der Waals surface area contributed by atoms with E-state index >= 15 is 0 Å². The van der Waals surface area contributed by atoms with Crippen LogP contribution in [0.15, 0.2) is 0 Å². The summed E-state index contributed by atoms with van der Waals surface area (Å²) in [6, 6.07) is -0.449. The van der Waals surface area contributed by atoms with Crippen LogP contribution < -0.4 is 5.32 Å². The molecule has 2 fully saturated rings. The Bertz CT molecular complexity index is 761. The van der Waals surface area contributed by atoms with E-state index in [2.05, 4.69) is 39.9 Å². The van der Waals surface area contributed by atoms with Crippen LogP contribution in [-0.4, -0.2) is 84.5 Å². The van der Waals surface area contributed by atoms with E-state index in [-0.39, 0.29) is 47.8 Å². The summed E-state index contributed by atoms with van der Waals surface area (Å²) in [4.78, 5) is 52.2. The lowest BCUT2D eigenvalue weighted by Gasteiger charge is -2.32. The van der Waals surface area contributed by atoms with Gasteiger partial charge in [0.25, 0.3) is 0 Å². The van der Waals surface area contributed by atoms with E-state index in [0.29, 0.717) is 38.8 Å². The Hall–Kier alpha value is -2.16. The number of carbonyl (C=O) groups is 4. The molecule has 1 unspecified atom stereocenters. The third-order valence-corrected chi connectivity index (χ3v) is 7.17. The lowest BCUT2D eigenvalue weighted by molar-refractivity contribution is -0.126. The summed E-state index contributed by atoms with van der Waals surface area (Å²) in [5.74, 6) is 0.120. The van der Waals surface area contributed by atoms with Gasteiger partial charge in [-0.2, -0.15) is 0 Å². The number of imide groups is 2. The molecule has 0 saturated carbocycles.